The molecule has 3 heterocycles. The largest absolute Gasteiger partial charge is 0.321 e. The van der Waals surface area contributed by atoms with Crippen LogP contribution >= 0.6 is 22.9 Å². The molecule has 3 aromatic rings. The van der Waals surface area contributed by atoms with Crippen LogP contribution in [0.5, 0.6) is 0 Å². The van der Waals surface area contributed by atoms with Gasteiger partial charge in [0.15, 0.2) is 0 Å². The Balaban J connectivity index is 1.92. The lowest BCUT2D eigenvalue weighted by Gasteiger charge is -2.01. The maximum atomic E-state index is 12.1. The monoisotopic (exact) mass is 289 g/mol. The van der Waals surface area contributed by atoms with Gasteiger partial charge in [0.05, 0.1) is 20.1 Å². The SMILES string of the molecule is O=C(Nc1ccncc1)c1cc2nccc(Cl)c2s1. The van der Waals surface area contributed by atoms with E-state index in [1.807, 2.05) is 0 Å². The molecule has 0 aliphatic heterocycles. The Morgan fingerprint density at radius 1 is 1.21 bits per heavy atom. The van der Waals surface area contributed by atoms with Gasteiger partial charge >= 0.3 is 0 Å². The van der Waals surface area contributed by atoms with Crippen molar-refractivity contribution in [2.45, 2.75) is 0 Å². The van der Waals surface area contributed by atoms with Crippen LogP contribution in [-0.2, 0) is 0 Å². The number of aromatic nitrogens is 2. The number of carbonyl (C=O) groups excluding carboxylic acids is 1. The van der Waals surface area contributed by atoms with E-state index >= 15 is 0 Å². The van der Waals surface area contributed by atoms with E-state index in [9.17, 15) is 4.79 Å². The highest BCUT2D eigenvalue weighted by Crippen LogP contribution is 2.30. The number of pyridine rings is 2. The number of hydrogen-bond donors (Lipinski definition) is 1. The van der Waals surface area contributed by atoms with E-state index in [0.29, 0.717) is 15.6 Å². The molecule has 0 atom stereocenters. The zero-order chi connectivity index (χ0) is 13.2. The molecule has 19 heavy (non-hydrogen) atoms. The molecular weight excluding hydrogens is 282 g/mol. The highest BCUT2D eigenvalue weighted by atomic mass is 35.5. The first-order valence-electron chi connectivity index (χ1n) is 5.49. The summed E-state index contributed by atoms with van der Waals surface area (Å²) in [5.74, 6) is -0.176. The Labute approximate surface area is 118 Å². The van der Waals surface area contributed by atoms with Crippen molar-refractivity contribution in [3.05, 3.63) is 52.8 Å². The number of halogens is 1. The number of anilines is 1. The molecule has 0 aliphatic carbocycles. The second-order valence-electron chi connectivity index (χ2n) is 3.81. The number of rotatable bonds is 2. The van der Waals surface area contributed by atoms with Crippen LogP contribution in [0.15, 0.2) is 42.9 Å². The minimum absolute atomic E-state index is 0.176. The van der Waals surface area contributed by atoms with Gasteiger partial charge in [0.2, 0.25) is 0 Å². The van der Waals surface area contributed by atoms with Gasteiger partial charge in [-0.25, -0.2) is 0 Å². The summed E-state index contributed by atoms with van der Waals surface area (Å²) >= 11 is 7.39. The molecular formula is C13H8ClN3OS. The molecule has 0 radical (unpaired) electrons. The second kappa shape index (κ2) is 4.95. The topological polar surface area (TPSA) is 54.9 Å². The maximum absolute atomic E-state index is 12.1. The third kappa shape index (κ3) is 2.43. The standard InChI is InChI=1S/C13H8ClN3OS/c14-9-3-6-16-10-7-11(19-12(9)10)13(18)17-8-1-4-15-5-2-8/h1-7H,(H,15,17,18). The lowest BCUT2D eigenvalue weighted by molar-refractivity contribution is 0.103. The molecule has 0 unspecified atom stereocenters. The predicted molar refractivity (Wildman–Crippen MR) is 76.8 cm³/mol. The highest BCUT2D eigenvalue weighted by Gasteiger charge is 2.12. The quantitative estimate of drug-likeness (QED) is 0.784. The molecule has 94 valence electrons. The molecule has 6 heteroatoms. The second-order valence-corrected chi connectivity index (χ2v) is 5.27. The van der Waals surface area contributed by atoms with Crippen LogP contribution in [0.25, 0.3) is 10.2 Å². The first-order chi connectivity index (χ1) is 9.24. The molecule has 3 rings (SSSR count). The van der Waals surface area contributed by atoms with Crippen molar-refractivity contribution in [2.24, 2.45) is 0 Å². The van der Waals surface area contributed by atoms with Crippen molar-refractivity contribution in [1.82, 2.24) is 9.97 Å². The molecule has 0 fully saturated rings. The van der Waals surface area contributed by atoms with Crippen LogP contribution in [0.3, 0.4) is 0 Å². The van der Waals surface area contributed by atoms with Crippen LogP contribution in [0, 0.1) is 0 Å². The fourth-order valence-corrected chi connectivity index (χ4v) is 2.83. The van der Waals surface area contributed by atoms with Crippen molar-refractivity contribution in [3.63, 3.8) is 0 Å². The van der Waals surface area contributed by atoms with Gasteiger partial charge in [0.1, 0.15) is 0 Å². The average molecular weight is 290 g/mol. The van der Waals surface area contributed by atoms with E-state index < -0.39 is 0 Å². The Kier molecular flexibility index (Phi) is 3.15. The number of amides is 1. The third-order valence-corrected chi connectivity index (χ3v) is 4.11. The minimum Gasteiger partial charge on any atom is -0.321 e. The summed E-state index contributed by atoms with van der Waals surface area (Å²) in [6, 6.07) is 6.92. The van der Waals surface area contributed by atoms with Gasteiger partial charge in [-0.3, -0.25) is 14.8 Å². The zero-order valence-electron chi connectivity index (χ0n) is 9.63. The van der Waals surface area contributed by atoms with Crippen LogP contribution < -0.4 is 5.32 Å². The fourth-order valence-electron chi connectivity index (χ4n) is 1.65. The summed E-state index contributed by atoms with van der Waals surface area (Å²) in [4.78, 5) is 20.8. The van der Waals surface area contributed by atoms with E-state index in [4.69, 9.17) is 11.6 Å². The van der Waals surface area contributed by atoms with Gasteiger partial charge in [0.25, 0.3) is 5.91 Å². The fraction of sp³-hybridized carbons (Fsp3) is 0. The minimum atomic E-state index is -0.176. The number of nitrogens with one attached hydrogen (secondary N) is 1. The number of hydrogen-bond acceptors (Lipinski definition) is 4. The van der Waals surface area contributed by atoms with Gasteiger partial charge in [0, 0.05) is 24.3 Å². The van der Waals surface area contributed by atoms with E-state index in [0.717, 1.165) is 10.2 Å². The molecule has 0 saturated carbocycles. The maximum Gasteiger partial charge on any atom is 0.265 e. The number of nitrogens with zero attached hydrogens (tertiary/aromatic N) is 2. The van der Waals surface area contributed by atoms with Gasteiger partial charge in [-0.1, -0.05) is 11.6 Å². The van der Waals surface area contributed by atoms with Crippen LogP contribution in [-0.4, -0.2) is 15.9 Å². The van der Waals surface area contributed by atoms with Gasteiger partial charge in [-0.2, -0.15) is 0 Å². The van der Waals surface area contributed by atoms with E-state index in [2.05, 4.69) is 15.3 Å². The Bertz CT molecular complexity index is 742. The van der Waals surface area contributed by atoms with Crippen molar-refractivity contribution < 1.29 is 4.79 Å². The first-order valence-corrected chi connectivity index (χ1v) is 6.69. The van der Waals surface area contributed by atoms with Crippen molar-refractivity contribution in [3.8, 4) is 0 Å². The predicted octanol–water partition coefficient (Wildman–Crippen LogP) is 3.60. The molecule has 3 aromatic heterocycles. The lowest BCUT2D eigenvalue weighted by atomic mass is 10.3. The van der Waals surface area contributed by atoms with E-state index in [1.165, 1.54) is 11.3 Å². The van der Waals surface area contributed by atoms with Crippen LogP contribution in [0.1, 0.15) is 9.67 Å². The van der Waals surface area contributed by atoms with Crippen LogP contribution in [0.2, 0.25) is 5.02 Å². The molecule has 0 aliphatic rings. The van der Waals surface area contributed by atoms with Crippen molar-refractivity contribution in [2.75, 3.05) is 5.32 Å². The number of carbonyl (C=O) groups is 1. The normalized spacial score (nSPS) is 10.6. The summed E-state index contributed by atoms with van der Waals surface area (Å²) in [5.41, 5.74) is 1.44. The van der Waals surface area contributed by atoms with E-state index in [-0.39, 0.29) is 5.91 Å². The zero-order valence-corrected chi connectivity index (χ0v) is 11.2. The molecule has 1 N–H and O–H groups in total. The summed E-state index contributed by atoms with van der Waals surface area (Å²) in [5, 5.41) is 3.41. The van der Waals surface area contributed by atoms with Crippen LogP contribution in [0.4, 0.5) is 5.69 Å². The van der Waals surface area contributed by atoms with Gasteiger partial charge < -0.3 is 5.32 Å². The molecule has 0 saturated heterocycles. The number of thiophene rings is 1. The van der Waals surface area contributed by atoms with E-state index in [1.54, 1.807) is 42.9 Å². The summed E-state index contributed by atoms with van der Waals surface area (Å²) < 4.78 is 0.823. The number of fused-ring (bicyclic) bond motifs is 1. The lowest BCUT2D eigenvalue weighted by Crippen LogP contribution is -2.09. The van der Waals surface area contributed by atoms with Gasteiger partial charge in [-0.05, 0) is 24.3 Å². The molecule has 0 aromatic carbocycles. The third-order valence-electron chi connectivity index (χ3n) is 2.53. The summed E-state index contributed by atoms with van der Waals surface area (Å²) in [7, 11) is 0. The average Bonchev–Trinajstić information content (AvgIpc) is 2.85. The molecule has 1 amide bonds. The Morgan fingerprint density at radius 3 is 2.74 bits per heavy atom. The molecule has 0 spiro atoms. The first kappa shape index (κ1) is 12.1. The Morgan fingerprint density at radius 2 is 2.00 bits per heavy atom. The van der Waals surface area contributed by atoms with Gasteiger partial charge in [-0.15, -0.1) is 11.3 Å². The molecule has 4 nitrogen and oxygen atoms in total. The van der Waals surface area contributed by atoms with Crippen molar-refractivity contribution >= 4 is 44.7 Å². The summed E-state index contributed by atoms with van der Waals surface area (Å²) in [6.07, 6.45) is 4.87. The summed E-state index contributed by atoms with van der Waals surface area (Å²) in [6.45, 7) is 0. The molecule has 0 bridgehead atoms. The van der Waals surface area contributed by atoms with Crippen molar-refractivity contribution in [1.29, 1.82) is 0 Å². The Hall–Kier alpha value is -1.98. The highest BCUT2D eigenvalue weighted by molar-refractivity contribution is 7.21. The smallest absolute Gasteiger partial charge is 0.265 e.